The lowest BCUT2D eigenvalue weighted by Gasteiger charge is -2.43. The van der Waals surface area contributed by atoms with Crippen LogP contribution in [0.2, 0.25) is 0 Å². The molecular weight excluding hydrogens is 382 g/mol. The van der Waals surface area contributed by atoms with Crippen molar-refractivity contribution >= 4 is 22.9 Å². The fraction of sp³-hybridized carbons (Fsp3) is 0.348. The van der Waals surface area contributed by atoms with E-state index in [1.54, 1.807) is 0 Å². The van der Waals surface area contributed by atoms with Gasteiger partial charge in [0.2, 0.25) is 5.91 Å². The molecule has 2 fully saturated rings. The van der Waals surface area contributed by atoms with Gasteiger partial charge in [0.15, 0.2) is 12.0 Å². The average molecular weight is 405 g/mol. The third-order valence-corrected chi connectivity index (χ3v) is 6.01. The molecule has 3 aromatic rings. The Labute approximate surface area is 174 Å². The van der Waals surface area contributed by atoms with Crippen LogP contribution in [-0.2, 0) is 9.53 Å². The molecule has 0 N–H and O–H groups in total. The molecule has 7 heteroatoms. The monoisotopic (exact) mass is 405 g/mol. The topological polar surface area (TPSA) is 75.9 Å². The number of oxazole rings is 1. The molecule has 2 saturated heterocycles. The van der Waals surface area contributed by atoms with Crippen molar-refractivity contribution in [1.29, 1.82) is 0 Å². The van der Waals surface area contributed by atoms with E-state index in [2.05, 4.69) is 4.98 Å². The van der Waals surface area contributed by atoms with Crippen LogP contribution in [0.5, 0.6) is 0 Å². The van der Waals surface area contributed by atoms with E-state index < -0.39 is 5.41 Å². The van der Waals surface area contributed by atoms with Gasteiger partial charge in [0, 0.05) is 31.7 Å². The van der Waals surface area contributed by atoms with Gasteiger partial charge in [-0.25, -0.2) is 4.98 Å². The largest absolute Gasteiger partial charge is 0.443 e. The standard InChI is InChI=1S/C23H23N3O4/c1-23(13-29-14-23)22(28)26-10-8-25(9-11-26)21(27)17-4-2-16(3-5-17)18-6-7-20-19(12-18)24-15-30-20/h2-7,12,15H,8-11,13-14H2,1H3. The number of nitrogens with zero attached hydrogens (tertiary/aromatic N) is 3. The summed E-state index contributed by atoms with van der Waals surface area (Å²) in [5, 5.41) is 0. The minimum atomic E-state index is -0.392. The third-order valence-electron chi connectivity index (χ3n) is 6.01. The van der Waals surface area contributed by atoms with E-state index in [0.29, 0.717) is 45.0 Å². The first-order valence-electron chi connectivity index (χ1n) is 10.1. The van der Waals surface area contributed by atoms with Gasteiger partial charge in [-0.2, -0.15) is 0 Å². The Morgan fingerprint density at radius 2 is 1.60 bits per heavy atom. The highest BCUT2D eigenvalue weighted by molar-refractivity contribution is 5.95. The lowest BCUT2D eigenvalue weighted by atomic mass is 9.86. The van der Waals surface area contributed by atoms with Crippen molar-refractivity contribution in [3.8, 4) is 11.1 Å². The number of fused-ring (bicyclic) bond motifs is 1. The highest BCUT2D eigenvalue weighted by Crippen LogP contribution is 2.29. The van der Waals surface area contributed by atoms with Crippen LogP contribution in [0.3, 0.4) is 0 Å². The summed E-state index contributed by atoms with van der Waals surface area (Å²) in [5.41, 5.74) is 3.86. The van der Waals surface area contributed by atoms with Gasteiger partial charge in [-0.15, -0.1) is 0 Å². The first kappa shape index (κ1) is 18.8. The minimum Gasteiger partial charge on any atom is -0.443 e. The maximum Gasteiger partial charge on any atom is 0.253 e. The predicted molar refractivity (Wildman–Crippen MR) is 111 cm³/mol. The zero-order chi connectivity index (χ0) is 20.7. The highest BCUT2D eigenvalue weighted by Gasteiger charge is 2.44. The Hall–Kier alpha value is -3.19. The summed E-state index contributed by atoms with van der Waals surface area (Å²) in [4.78, 5) is 33.4. The second kappa shape index (κ2) is 7.25. The molecule has 30 heavy (non-hydrogen) atoms. The van der Waals surface area contributed by atoms with Crippen LogP contribution in [0.25, 0.3) is 22.2 Å². The van der Waals surface area contributed by atoms with Gasteiger partial charge in [0.1, 0.15) is 5.52 Å². The van der Waals surface area contributed by atoms with Crippen LogP contribution in [0.4, 0.5) is 0 Å². The van der Waals surface area contributed by atoms with Gasteiger partial charge >= 0.3 is 0 Å². The van der Waals surface area contributed by atoms with Crippen LogP contribution < -0.4 is 0 Å². The lowest BCUT2D eigenvalue weighted by molar-refractivity contribution is -0.170. The first-order chi connectivity index (χ1) is 14.5. The molecule has 2 aliphatic rings. The normalized spacial score (nSPS) is 18.3. The fourth-order valence-corrected chi connectivity index (χ4v) is 4.05. The minimum absolute atomic E-state index is 0.00112. The van der Waals surface area contributed by atoms with Gasteiger partial charge in [-0.3, -0.25) is 9.59 Å². The Balaban J connectivity index is 1.24. The number of aromatic nitrogens is 1. The number of hydrogen-bond acceptors (Lipinski definition) is 5. The number of carbonyl (C=O) groups excluding carboxylic acids is 2. The second-order valence-electron chi connectivity index (χ2n) is 8.25. The number of amides is 2. The Kier molecular flexibility index (Phi) is 4.55. The molecule has 3 heterocycles. The quantitative estimate of drug-likeness (QED) is 0.670. The first-order valence-corrected chi connectivity index (χ1v) is 10.1. The summed E-state index contributed by atoms with van der Waals surface area (Å²) < 4.78 is 10.5. The van der Waals surface area contributed by atoms with Gasteiger partial charge in [-0.05, 0) is 42.3 Å². The van der Waals surface area contributed by atoms with Crippen molar-refractivity contribution in [2.75, 3.05) is 39.4 Å². The number of ether oxygens (including phenoxy) is 1. The van der Waals surface area contributed by atoms with Crippen LogP contribution in [0.15, 0.2) is 53.3 Å². The molecule has 0 atom stereocenters. The number of hydrogen-bond donors (Lipinski definition) is 0. The SMILES string of the molecule is CC1(C(=O)N2CCN(C(=O)c3ccc(-c4ccc5ocnc5c4)cc3)CC2)COC1. The van der Waals surface area contributed by atoms with Gasteiger partial charge in [0.05, 0.1) is 18.6 Å². The molecule has 2 aliphatic heterocycles. The summed E-state index contributed by atoms with van der Waals surface area (Å²) >= 11 is 0. The molecule has 7 nitrogen and oxygen atoms in total. The van der Waals surface area contributed by atoms with Crippen molar-refractivity contribution in [3.63, 3.8) is 0 Å². The highest BCUT2D eigenvalue weighted by atomic mass is 16.5. The summed E-state index contributed by atoms with van der Waals surface area (Å²) in [6.45, 7) is 5.14. The Morgan fingerprint density at radius 1 is 0.933 bits per heavy atom. The maximum atomic E-state index is 12.9. The van der Waals surface area contributed by atoms with E-state index in [1.165, 1.54) is 6.39 Å². The molecule has 1 aromatic heterocycles. The van der Waals surface area contributed by atoms with Crippen molar-refractivity contribution < 1.29 is 18.7 Å². The Bertz CT molecular complexity index is 1090. The molecule has 0 spiro atoms. The van der Waals surface area contributed by atoms with Crippen molar-refractivity contribution in [2.24, 2.45) is 5.41 Å². The van der Waals surface area contributed by atoms with Crippen LogP contribution in [0.1, 0.15) is 17.3 Å². The lowest BCUT2D eigenvalue weighted by Crippen LogP contribution is -2.58. The summed E-state index contributed by atoms with van der Waals surface area (Å²) in [7, 11) is 0. The smallest absolute Gasteiger partial charge is 0.253 e. The fourth-order valence-electron chi connectivity index (χ4n) is 4.05. The molecule has 0 unspecified atom stereocenters. The van der Waals surface area contributed by atoms with E-state index in [-0.39, 0.29) is 11.8 Å². The van der Waals surface area contributed by atoms with E-state index in [1.807, 2.05) is 59.2 Å². The molecule has 0 saturated carbocycles. The van der Waals surface area contributed by atoms with E-state index in [9.17, 15) is 9.59 Å². The van der Waals surface area contributed by atoms with Crippen molar-refractivity contribution in [3.05, 3.63) is 54.4 Å². The number of rotatable bonds is 3. The van der Waals surface area contributed by atoms with Gasteiger partial charge in [-0.1, -0.05) is 18.2 Å². The van der Waals surface area contributed by atoms with Crippen LogP contribution >= 0.6 is 0 Å². The summed E-state index contributed by atoms with van der Waals surface area (Å²) in [6, 6.07) is 13.5. The number of carbonyl (C=O) groups is 2. The van der Waals surface area contributed by atoms with Crippen molar-refractivity contribution in [2.45, 2.75) is 6.92 Å². The number of benzene rings is 2. The zero-order valence-electron chi connectivity index (χ0n) is 16.8. The van der Waals surface area contributed by atoms with Crippen molar-refractivity contribution in [1.82, 2.24) is 14.8 Å². The molecular formula is C23H23N3O4. The molecule has 2 amide bonds. The van der Waals surface area contributed by atoms with Crippen LogP contribution in [-0.4, -0.2) is 66.0 Å². The second-order valence-corrected chi connectivity index (χ2v) is 8.25. The molecule has 0 bridgehead atoms. The van der Waals surface area contributed by atoms with E-state index >= 15 is 0 Å². The molecule has 0 radical (unpaired) electrons. The maximum absolute atomic E-state index is 12.9. The van der Waals surface area contributed by atoms with E-state index in [0.717, 1.165) is 22.2 Å². The third kappa shape index (κ3) is 3.25. The predicted octanol–water partition coefficient (Wildman–Crippen LogP) is 2.82. The van der Waals surface area contributed by atoms with Crippen LogP contribution in [0, 0.1) is 5.41 Å². The molecule has 154 valence electrons. The zero-order valence-corrected chi connectivity index (χ0v) is 16.8. The van der Waals surface area contributed by atoms with E-state index in [4.69, 9.17) is 9.15 Å². The summed E-state index contributed by atoms with van der Waals surface area (Å²) in [6.07, 6.45) is 1.43. The molecule has 0 aliphatic carbocycles. The molecule has 5 rings (SSSR count). The average Bonchev–Trinajstić information content (AvgIpc) is 3.24. The Morgan fingerprint density at radius 3 is 2.27 bits per heavy atom. The summed E-state index contributed by atoms with van der Waals surface area (Å²) in [5.74, 6) is 0.132. The number of piperazine rings is 1. The van der Waals surface area contributed by atoms with Gasteiger partial charge < -0.3 is 19.0 Å². The molecule has 2 aromatic carbocycles. The van der Waals surface area contributed by atoms with Gasteiger partial charge in [0.25, 0.3) is 5.91 Å².